The van der Waals surface area contributed by atoms with Crippen molar-refractivity contribution in [2.45, 2.75) is 44.4 Å². The summed E-state index contributed by atoms with van der Waals surface area (Å²) in [5.41, 5.74) is 1.18. The van der Waals surface area contributed by atoms with Crippen LogP contribution in [-0.2, 0) is 11.3 Å². The highest BCUT2D eigenvalue weighted by molar-refractivity contribution is 7.11. The van der Waals surface area contributed by atoms with E-state index in [0.29, 0.717) is 6.04 Å². The summed E-state index contributed by atoms with van der Waals surface area (Å²) in [6, 6.07) is 13.0. The Morgan fingerprint density at radius 2 is 2.12 bits per heavy atom. The van der Waals surface area contributed by atoms with Crippen molar-refractivity contribution in [3.8, 4) is 5.75 Å². The molecule has 1 spiro atoms. The average Bonchev–Trinajstić information content (AvgIpc) is 3.24. The Morgan fingerprint density at radius 1 is 1.27 bits per heavy atom. The zero-order valence-corrected chi connectivity index (χ0v) is 16.5. The second-order valence-corrected chi connectivity index (χ2v) is 8.93. The second kappa shape index (κ2) is 7.59. The Labute approximate surface area is 160 Å². The molecule has 2 aromatic rings. The first-order chi connectivity index (χ1) is 12.6. The fourth-order valence-corrected chi connectivity index (χ4v) is 5.08. The smallest absolute Gasteiger partial charge is 0.120 e. The van der Waals surface area contributed by atoms with Crippen molar-refractivity contribution in [2.24, 2.45) is 0 Å². The van der Waals surface area contributed by atoms with Gasteiger partial charge in [0.25, 0.3) is 0 Å². The van der Waals surface area contributed by atoms with Gasteiger partial charge in [0, 0.05) is 41.1 Å². The summed E-state index contributed by atoms with van der Waals surface area (Å²) < 4.78 is 11.6. The van der Waals surface area contributed by atoms with E-state index < -0.39 is 0 Å². The standard InChI is InChI=1S/C21H28N2O2S/c1-16-6-7-20(26-16)14-23-10-8-21(9-11-23)13-18(15-25-21)22-17-4-3-5-19(12-17)24-2/h3-7,12,18,22H,8-11,13-15H2,1-2H3. The van der Waals surface area contributed by atoms with Gasteiger partial charge in [0.05, 0.1) is 25.4 Å². The fraction of sp³-hybridized carbons (Fsp3) is 0.524. The molecule has 1 aromatic carbocycles. The highest BCUT2D eigenvalue weighted by Crippen LogP contribution is 2.37. The van der Waals surface area contributed by atoms with E-state index >= 15 is 0 Å². The Balaban J connectivity index is 1.29. The van der Waals surface area contributed by atoms with Crippen molar-refractivity contribution in [1.29, 1.82) is 0 Å². The number of nitrogens with zero attached hydrogens (tertiary/aromatic N) is 1. The van der Waals surface area contributed by atoms with Gasteiger partial charge in [0.15, 0.2) is 0 Å². The zero-order chi connectivity index (χ0) is 18.0. The number of methoxy groups -OCH3 is 1. The third-order valence-corrected chi connectivity index (χ3v) is 6.58. The van der Waals surface area contributed by atoms with E-state index in [4.69, 9.17) is 9.47 Å². The molecule has 0 amide bonds. The molecular weight excluding hydrogens is 344 g/mol. The average molecular weight is 373 g/mol. The van der Waals surface area contributed by atoms with Gasteiger partial charge in [-0.2, -0.15) is 0 Å². The number of benzene rings is 1. The number of nitrogens with one attached hydrogen (secondary N) is 1. The molecule has 4 nitrogen and oxygen atoms in total. The van der Waals surface area contributed by atoms with Gasteiger partial charge in [-0.25, -0.2) is 0 Å². The highest BCUT2D eigenvalue weighted by atomic mass is 32.1. The number of ether oxygens (including phenoxy) is 2. The van der Waals surface area contributed by atoms with Gasteiger partial charge in [-0.05, 0) is 50.5 Å². The molecule has 1 N–H and O–H groups in total. The molecule has 0 aliphatic carbocycles. The molecule has 2 aliphatic rings. The molecule has 1 atom stereocenters. The van der Waals surface area contributed by atoms with Gasteiger partial charge < -0.3 is 14.8 Å². The van der Waals surface area contributed by atoms with Crippen molar-refractivity contribution in [1.82, 2.24) is 4.90 Å². The number of anilines is 1. The van der Waals surface area contributed by atoms with Gasteiger partial charge >= 0.3 is 0 Å². The van der Waals surface area contributed by atoms with Crippen LogP contribution in [0.2, 0.25) is 0 Å². The maximum Gasteiger partial charge on any atom is 0.120 e. The van der Waals surface area contributed by atoms with Gasteiger partial charge in [0.1, 0.15) is 5.75 Å². The summed E-state index contributed by atoms with van der Waals surface area (Å²) in [4.78, 5) is 5.45. The number of thiophene rings is 1. The molecule has 0 saturated carbocycles. The number of aryl methyl sites for hydroxylation is 1. The SMILES string of the molecule is COc1cccc(NC2COC3(CCN(Cc4ccc(C)s4)CC3)C2)c1. The van der Waals surface area contributed by atoms with Crippen LogP contribution in [0.4, 0.5) is 5.69 Å². The number of hydrogen-bond donors (Lipinski definition) is 1. The number of rotatable bonds is 5. The van der Waals surface area contributed by atoms with E-state index in [1.165, 1.54) is 9.75 Å². The van der Waals surface area contributed by atoms with Crippen LogP contribution in [0.5, 0.6) is 5.75 Å². The predicted molar refractivity (Wildman–Crippen MR) is 107 cm³/mol. The predicted octanol–water partition coefficient (Wildman–Crippen LogP) is 4.30. The summed E-state index contributed by atoms with van der Waals surface area (Å²) in [5, 5.41) is 3.62. The van der Waals surface area contributed by atoms with E-state index in [1.807, 2.05) is 23.5 Å². The van der Waals surface area contributed by atoms with Gasteiger partial charge in [0.2, 0.25) is 0 Å². The summed E-state index contributed by atoms with van der Waals surface area (Å²) >= 11 is 1.92. The first-order valence-corrected chi connectivity index (χ1v) is 10.3. The first kappa shape index (κ1) is 17.8. The van der Waals surface area contributed by atoms with Gasteiger partial charge in [-0.1, -0.05) is 6.07 Å². The minimum absolute atomic E-state index is 0.0679. The minimum Gasteiger partial charge on any atom is -0.497 e. The first-order valence-electron chi connectivity index (χ1n) is 9.46. The number of piperidine rings is 1. The Bertz CT molecular complexity index is 737. The van der Waals surface area contributed by atoms with Crippen LogP contribution in [0.25, 0.3) is 0 Å². The van der Waals surface area contributed by atoms with Crippen LogP contribution >= 0.6 is 11.3 Å². The van der Waals surface area contributed by atoms with Crippen LogP contribution in [-0.4, -0.2) is 43.3 Å². The third kappa shape index (κ3) is 4.05. The lowest BCUT2D eigenvalue weighted by Crippen LogP contribution is -2.44. The zero-order valence-electron chi connectivity index (χ0n) is 15.7. The second-order valence-electron chi connectivity index (χ2n) is 7.56. The molecular formula is C21H28N2O2S. The maximum absolute atomic E-state index is 6.31. The topological polar surface area (TPSA) is 33.7 Å². The molecule has 2 aliphatic heterocycles. The van der Waals surface area contributed by atoms with Crippen LogP contribution in [0.15, 0.2) is 36.4 Å². The molecule has 2 saturated heterocycles. The van der Waals surface area contributed by atoms with Crippen molar-refractivity contribution in [3.05, 3.63) is 46.2 Å². The molecule has 26 heavy (non-hydrogen) atoms. The van der Waals surface area contributed by atoms with Crippen LogP contribution < -0.4 is 10.1 Å². The lowest BCUT2D eigenvalue weighted by molar-refractivity contribution is -0.0446. The summed E-state index contributed by atoms with van der Waals surface area (Å²) in [6.07, 6.45) is 3.36. The van der Waals surface area contributed by atoms with E-state index in [0.717, 1.165) is 56.9 Å². The minimum atomic E-state index is 0.0679. The Kier molecular flexibility index (Phi) is 5.20. The monoisotopic (exact) mass is 372 g/mol. The normalized spacial score (nSPS) is 22.6. The maximum atomic E-state index is 6.31. The lowest BCUT2D eigenvalue weighted by atomic mass is 9.87. The Morgan fingerprint density at radius 3 is 2.85 bits per heavy atom. The fourth-order valence-electron chi connectivity index (χ4n) is 4.14. The molecule has 140 valence electrons. The highest BCUT2D eigenvalue weighted by Gasteiger charge is 2.42. The molecule has 1 unspecified atom stereocenters. The molecule has 4 rings (SSSR count). The summed E-state index contributed by atoms with van der Waals surface area (Å²) in [6.45, 7) is 6.31. The van der Waals surface area contributed by atoms with E-state index in [1.54, 1.807) is 7.11 Å². The lowest BCUT2D eigenvalue weighted by Gasteiger charge is -2.38. The van der Waals surface area contributed by atoms with Crippen LogP contribution in [0, 0.1) is 6.92 Å². The summed E-state index contributed by atoms with van der Waals surface area (Å²) in [5.74, 6) is 0.890. The molecule has 0 radical (unpaired) electrons. The van der Waals surface area contributed by atoms with Gasteiger partial charge in [-0.3, -0.25) is 4.90 Å². The number of likely N-dealkylation sites (tertiary alicyclic amines) is 1. The molecule has 1 aromatic heterocycles. The molecule has 0 bridgehead atoms. The van der Waals surface area contributed by atoms with E-state index in [2.05, 4.69) is 41.4 Å². The Hall–Kier alpha value is -1.56. The van der Waals surface area contributed by atoms with Crippen molar-refractivity contribution >= 4 is 17.0 Å². The van der Waals surface area contributed by atoms with E-state index in [9.17, 15) is 0 Å². The van der Waals surface area contributed by atoms with Crippen molar-refractivity contribution < 1.29 is 9.47 Å². The van der Waals surface area contributed by atoms with Crippen molar-refractivity contribution in [3.63, 3.8) is 0 Å². The molecule has 5 heteroatoms. The quantitative estimate of drug-likeness (QED) is 0.848. The van der Waals surface area contributed by atoms with Gasteiger partial charge in [-0.15, -0.1) is 11.3 Å². The number of hydrogen-bond acceptors (Lipinski definition) is 5. The third-order valence-electron chi connectivity index (χ3n) is 5.59. The molecule has 2 fully saturated rings. The molecule has 3 heterocycles. The van der Waals surface area contributed by atoms with Crippen molar-refractivity contribution in [2.75, 3.05) is 32.1 Å². The summed E-state index contributed by atoms with van der Waals surface area (Å²) in [7, 11) is 1.71. The van der Waals surface area contributed by atoms with E-state index in [-0.39, 0.29) is 5.60 Å². The van der Waals surface area contributed by atoms with Crippen LogP contribution in [0.3, 0.4) is 0 Å². The largest absolute Gasteiger partial charge is 0.497 e. The van der Waals surface area contributed by atoms with Crippen LogP contribution in [0.1, 0.15) is 29.0 Å².